The maximum atomic E-state index is 12.0. The van der Waals surface area contributed by atoms with Crippen molar-refractivity contribution < 1.29 is 13.2 Å². The Kier molecular flexibility index (Phi) is 5.04. The first-order chi connectivity index (χ1) is 5.31. The van der Waals surface area contributed by atoms with Gasteiger partial charge in [0.1, 0.15) is 0 Å². The Labute approximate surface area is 84.0 Å². The molecule has 0 aromatic carbocycles. The summed E-state index contributed by atoms with van der Waals surface area (Å²) in [4.78, 5) is 0. The standard InChI is InChI=1S/C6H8Cl3F3/c7-4-2-1-3-5(8,9)6(10,11)12/h1-4H2. The monoisotopic (exact) mass is 242 g/mol. The normalized spacial score (nSPS) is 13.5. The molecule has 74 valence electrons. The van der Waals surface area contributed by atoms with Gasteiger partial charge >= 0.3 is 6.18 Å². The van der Waals surface area contributed by atoms with Crippen LogP contribution in [0, 0.1) is 0 Å². The van der Waals surface area contributed by atoms with Gasteiger partial charge in [0.25, 0.3) is 0 Å². The van der Waals surface area contributed by atoms with Crippen LogP contribution in [0.1, 0.15) is 19.3 Å². The molecule has 0 saturated carbocycles. The van der Waals surface area contributed by atoms with Gasteiger partial charge < -0.3 is 0 Å². The van der Waals surface area contributed by atoms with Crippen molar-refractivity contribution in [3.8, 4) is 0 Å². The number of rotatable bonds is 4. The van der Waals surface area contributed by atoms with Crippen LogP contribution in [0.3, 0.4) is 0 Å². The van der Waals surface area contributed by atoms with E-state index in [0.717, 1.165) is 0 Å². The highest BCUT2D eigenvalue weighted by molar-refractivity contribution is 6.49. The number of hydrogen-bond donors (Lipinski definition) is 0. The molecule has 0 N–H and O–H groups in total. The third kappa shape index (κ3) is 4.06. The van der Waals surface area contributed by atoms with E-state index >= 15 is 0 Å². The molecule has 0 nitrogen and oxygen atoms in total. The minimum Gasteiger partial charge on any atom is -0.168 e. The predicted molar refractivity (Wildman–Crippen MR) is 45.1 cm³/mol. The Morgan fingerprint density at radius 2 is 1.50 bits per heavy atom. The Balaban J connectivity index is 3.88. The van der Waals surface area contributed by atoms with Crippen molar-refractivity contribution in [2.75, 3.05) is 5.88 Å². The minimum atomic E-state index is -4.57. The molecule has 6 heteroatoms. The van der Waals surface area contributed by atoms with Gasteiger partial charge in [0.05, 0.1) is 0 Å². The largest absolute Gasteiger partial charge is 0.421 e. The molecule has 0 fully saturated rings. The highest BCUT2D eigenvalue weighted by Crippen LogP contribution is 2.43. The third-order valence-corrected chi connectivity index (χ3v) is 2.36. The van der Waals surface area contributed by atoms with Crippen molar-refractivity contribution in [3.05, 3.63) is 0 Å². The summed E-state index contributed by atoms with van der Waals surface area (Å²) in [5.41, 5.74) is 0. The third-order valence-electron chi connectivity index (χ3n) is 1.29. The van der Waals surface area contributed by atoms with Crippen LogP contribution in [0.4, 0.5) is 13.2 Å². The fourth-order valence-corrected chi connectivity index (χ4v) is 1.04. The van der Waals surface area contributed by atoms with Gasteiger partial charge in [-0.3, -0.25) is 0 Å². The Hall–Kier alpha value is 0.660. The van der Waals surface area contributed by atoms with Gasteiger partial charge in [-0.25, -0.2) is 0 Å². The van der Waals surface area contributed by atoms with Gasteiger partial charge in [-0.05, 0) is 19.3 Å². The van der Waals surface area contributed by atoms with Gasteiger partial charge in [-0.15, -0.1) is 11.6 Å². The molecular formula is C6H8Cl3F3. The summed E-state index contributed by atoms with van der Waals surface area (Å²) in [6, 6.07) is 0. The van der Waals surface area contributed by atoms with Crippen LogP contribution in [0.15, 0.2) is 0 Å². The summed E-state index contributed by atoms with van der Waals surface area (Å²) in [6.45, 7) is 0. The first-order valence-electron chi connectivity index (χ1n) is 3.32. The lowest BCUT2D eigenvalue weighted by molar-refractivity contribution is -0.143. The molecule has 0 rings (SSSR count). The van der Waals surface area contributed by atoms with Gasteiger partial charge in [-0.2, -0.15) is 13.2 Å². The van der Waals surface area contributed by atoms with E-state index in [4.69, 9.17) is 34.8 Å². The van der Waals surface area contributed by atoms with Gasteiger partial charge in [0.2, 0.25) is 4.33 Å². The first kappa shape index (κ1) is 12.7. The maximum absolute atomic E-state index is 12.0. The van der Waals surface area contributed by atoms with Gasteiger partial charge in [0, 0.05) is 5.88 Å². The van der Waals surface area contributed by atoms with Crippen LogP contribution in [0.5, 0.6) is 0 Å². The lowest BCUT2D eigenvalue weighted by atomic mass is 10.2. The predicted octanol–water partition coefficient (Wildman–Crippen LogP) is 4.13. The van der Waals surface area contributed by atoms with E-state index in [1.54, 1.807) is 0 Å². The Morgan fingerprint density at radius 1 is 1.00 bits per heavy atom. The van der Waals surface area contributed by atoms with Crippen LogP contribution in [-0.4, -0.2) is 16.4 Å². The summed E-state index contributed by atoms with van der Waals surface area (Å²) < 4.78 is 33.3. The van der Waals surface area contributed by atoms with Crippen molar-refractivity contribution >= 4 is 34.8 Å². The molecule has 0 aliphatic rings. The molecule has 0 saturated heterocycles. The molecule has 0 heterocycles. The first-order valence-corrected chi connectivity index (χ1v) is 4.61. The van der Waals surface area contributed by atoms with Crippen molar-refractivity contribution in [2.45, 2.75) is 29.8 Å². The summed E-state index contributed by atoms with van der Waals surface area (Å²) in [5, 5.41) is 0. The van der Waals surface area contributed by atoms with Crippen LogP contribution in [0.25, 0.3) is 0 Å². The van der Waals surface area contributed by atoms with Crippen LogP contribution in [0.2, 0.25) is 0 Å². The lowest BCUT2D eigenvalue weighted by Crippen LogP contribution is -2.33. The molecule has 0 aliphatic heterocycles. The fraction of sp³-hybridized carbons (Fsp3) is 1.00. The van der Waals surface area contributed by atoms with E-state index in [0.29, 0.717) is 12.3 Å². The second-order valence-corrected chi connectivity index (χ2v) is 4.21. The molecule has 12 heavy (non-hydrogen) atoms. The number of unbranched alkanes of at least 4 members (excludes halogenated alkanes) is 1. The molecular weight excluding hydrogens is 235 g/mol. The molecule has 0 atom stereocenters. The van der Waals surface area contributed by atoms with Gasteiger partial charge in [-0.1, -0.05) is 23.2 Å². The van der Waals surface area contributed by atoms with Crippen molar-refractivity contribution in [1.82, 2.24) is 0 Å². The summed E-state index contributed by atoms with van der Waals surface area (Å²) >= 11 is 15.4. The Bertz CT molecular complexity index is 132. The SMILES string of the molecule is FC(F)(F)C(Cl)(Cl)CCCCCl. The molecule has 0 aromatic rings. The molecule has 0 spiro atoms. The number of halogens is 6. The summed E-state index contributed by atoms with van der Waals surface area (Å²) in [7, 11) is 0. The lowest BCUT2D eigenvalue weighted by Gasteiger charge is -2.22. The van der Waals surface area contributed by atoms with Crippen LogP contribution < -0.4 is 0 Å². The molecule has 0 aromatic heterocycles. The molecule has 0 amide bonds. The second kappa shape index (κ2) is 4.77. The van der Waals surface area contributed by atoms with Crippen LogP contribution >= 0.6 is 34.8 Å². The van der Waals surface area contributed by atoms with Gasteiger partial charge in [0.15, 0.2) is 0 Å². The van der Waals surface area contributed by atoms with E-state index < -0.39 is 10.5 Å². The average Bonchev–Trinajstić information content (AvgIpc) is 1.85. The van der Waals surface area contributed by atoms with Crippen molar-refractivity contribution in [2.24, 2.45) is 0 Å². The molecule has 0 unspecified atom stereocenters. The number of hydrogen-bond acceptors (Lipinski definition) is 0. The summed E-state index contributed by atoms with van der Waals surface area (Å²) in [6.07, 6.45) is -4.12. The van der Waals surface area contributed by atoms with Crippen molar-refractivity contribution in [3.63, 3.8) is 0 Å². The van der Waals surface area contributed by atoms with E-state index in [-0.39, 0.29) is 12.8 Å². The molecule has 0 bridgehead atoms. The topological polar surface area (TPSA) is 0 Å². The quantitative estimate of drug-likeness (QED) is 0.514. The second-order valence-electron chi connectivity index (χ2n) is 2.35. The van der Waals surface area contributed by atoms with Crippen LogP contribution in [-0.2, 0) is 0 Å². The molecule has 0 aliphatic carbocycles. The zero-order valence-electron chi connectivity index (χ0n) is 6.10. The average molecular weight is 243 g/mol. The highest BCUT2D eigenvalue weighted by atomic mass is 35.5. The van der Waals surface area contributed by atoms with E-state index in [1.807, 2.05) is 0 Å². The maximum Gasteiger partial charge on any atom is 0.421 e. The summed E-state index contributed by atoms with van der Waals surface area (Å²) in [5.74, 6) is 0.321. The molecule has 0 radical (unpaired) electrons. The zero-order chi connectivity index (χ0) is 9.83. The number of alkyl halides is 6. The smallest absolute Gasteiger partial charge is 0.168 e. The van der Waals surface area contributed by atoms with Crippen molar-refractivity contribution in [1.29, 1.82) is 0 Å². The van der Waals surface area contributed by atoms with E-state index in [2.05, 4.69) is 0 Å². The van der Waals surface area contributed by atoms with E-state index in [1.165, 1.54) is 0 Å². The zero-order valence-corrected chi connectivity index (χ0v) is 8.36. The fourth-order valence-electron chi connectivity index (χ4n) is 0.583. The highest BCUT2D eigenvalue weighted by Gasteiger charge is 2.51. The Morgan fingerprint density at radius 3 is 1.83 bits per heavy atom. The minimum absolute atomic E-state index is 0.274. The van der Waals surface area contributed by atoms with E-state index in [9.17, 15) is 13.2 Å².